The van der Waals surface area contributed by atoms with Crippen molar-refractivity contribution in [1.82, 2.24) is 24.6 Å². The molecule has 0 radical (unpaired) electrons. The Morgan fingerprint density at radius 1 is 0.750 bits per heavy atom. The summed E-state index contributed by atoms with van der Waals surface area (Å²) in [7, 11) is 9.71. The van der Waals surface area contributed by atoms with Crippen LogP contribution in [0.25, 0.3) is 0 Å². The van der Waals surface area contributed by atoms with E-state index in [-0.39, 0.29) is 52.2 Å². The summed E-state index contributed by atoms with van der Waals surface area (Å²) in [6.07, 6.45) is 0. The first-order valence-corrected chi connectivity index (χ1v) is 4.74. The van der Waals surface area contributed by atoms with Gasteiger partial charge >= 0.3 is 34.5 Å². The summed E-state index contributed by atoms with van der Waals surface area (Å²) in [6.45, 7) is 0. The van der Waals surface area contributed by atoms with Gasteiger partial charge in [0, 0.05) is 0 Å². The maximum atomic E-state index is 4.85. The van der Waals surface area contributed by atoms with E-state index in [0.29, 0.717) is 0 Å². The first-order chi connectivity index (χ1) is 1.41. The molecule has 8 heavy (non-hydrogen) atoms. The standard InChI is InChI=1S/3ClH.4H3N.Ru/h3*1H;4*1H3;/q;;;;;;;+3/p-3. The molecule has 0 atom stereocenters. The van der Waals surface area contributed by atoms with Crippen LogP contribution in [-0.2, 0) is 15.1 Å². The van der Waals surface area contributed by atoms with E-state index < -0.39 is 0 Å². The average Bonchev–Trinajstić information content (AvgIpc) is 0.918. The van der Waals surface area contributed by atoms with Crippen molar-refractivity contribution in [2.45, 2.75) is 0 Å². The van der Waals surface area contributed by atoms with Gasteiger partial charge in [-0.05, 0) is 0 Å². The molecule has 0 spiro atoms. The van der Waals surface area contributed by atoms with Gasteiger partial charge in [0.2, 0.25) is 0 Å². The fourth-order valence-corrected chi connectivity index (χ4v) is 0. The zero-order valence-electron chi connectivity index (χ0n) is 4.32. The van der Waals surface area contributed by atoms with Gasteiger partial charge < -0.3 is 37.0 Å². The molecule has 0 aromatic carbocycles. The molecule has 0 unspecified atom stereocenters. The first-order valence-electron chi connectivity index (χ1n) is 0.267. The van der Waals surface area contributed by atoms with Crippen LogP contribution in [0, 0.1) is 0 Å². The van der Waals surface area contributed by atoms with E-state index in [0.717, 1.165) is 0 Å². The monoisotopic (exact) mass is 275 g/mol. The van der Waals surface area contributed by atoms with E-state index in [9.17, 15) is 0 Å². The molecule has 0 amide bonds. The van der Waals surface area contributed by atoms with Crippen molar-refractivity contribution in [3.05, 3.63) is 0 Å². The molecule has 0 aromatic heterocycles. The normalized spacial score (nSPS) is 2.25. The molecule has 0 aliphatic heterocycles. The molecule has 0 saturated carbocycles. The number of rotatable bonds is 0. The van der Waals surface area contributed by atoms with Crippen LogP contribution in [0.5, 0.6) is 0 Å². The Labute approximate surface area is 71.5 Å². The third kappa shape index (κ3) is 165. The molecule has 0 heterocycles. The summed E-state index contributed by atoms with van der Waals surface area (Å²) in [5, 5.41) is 0. The third-order valence-corrected chi connectivity index (χ3v) is 0. The Bertz CT molecular complexity index is 11.2. The Morgan fingerprint density at radius 2 is 0.750 bits per heavy atom. The van der Waals surface area contributed by atoms with Gasteiger partial charge in [0.25, 0.3) is 0 Å². The van der Waals surface area contributed by atoms with Crippen LogP contribution in [-0.4, -0.2) is 0 Å². The van der Waals surface area contributed by atoms with Crippen LogP contribution < -0.4 is 37.0 Å². The SMILES string of the molecule is N.N.N.N.[Cl-].[Cl][Ru+][Cl]. The maximum absolute atomic E-state index is 4.85. The van der Waals surface area contributed by atoms with E-state index in [1.54, 1.807) is 0 Å². The summed E-state index contributed by atoms with van der Waals surface area (Å²) >= 11 is -0.346. The van der Waals surface area contributed by atoms with E-state index >= 15 is 0 Å². The molecule has 0 fully saturated rings. The number of hydrogen-bond donors (Lipinski definition) is 4. The van der Waals surface area contributed by atoms with Gasteiger partial charge in [0.05, 0.1) is 0 Å². The quantitative estimate of drug-likeness (QED) is 0.422. The molecule has 0 saturated heterocycles. The minimum atomic E-state index is -0.346. The predicted molar refractivity (Wildman–Crippen MR) is 31.8 cm³/mol. The van der Waals surface area contributed by atoms with Crippen LogP contribution in [0.2, 0.25) is 0 Å². The average molecular weight is 276 g/mol. The third-order valence-electron chi connectivity index (χ3n) is 0. The summed E-state index contributed by atoms with van der Waals surface area (Å²) in [6, 6.07) is 0. The van der Waals surface area contributed by atoms with E-state index in [1.165, 1.54) is 0 Å². The summed E-state index contributed by atoms with van der Waals surface area (Å²) in [5.74, 6) is 0. The molecule has 0 aliphatic rings. The van der Waals surface area contributed by atoms with Gasteiger partial charge in [-0.1, -0.05) is 0 Å². The molecule has 0 aromatic rings. The minimum absolute atomic E-state index is 0. The molecule has 8 heteroatoms. The summed E-state index contributed by atoms with van der Waals surface area (Å²) < 4.78 is 0. The zero-order chi connectivity index (χ0) is 2.71. The molecule has 4 nitrogen and oxygen atoms in total. The van der Waals surface area contributed by atoms with Crippen molar-refractivity contribution in [2.75, 3.05) is 0 Å². The number of halogens is 3. The fraction of sp³-hybridized carbons (Fsp3) is 0. The molecule has 61 valence electrons. The van der Waals surface area contributed by atoms with Crippen molar-refractivity contribution in [2.24, 2.45) is 0 Å². The van der Waals surface area contributed by atoms with Crippen LogP contribution in [0.1, 0.15) is 0 Å². The van der Waals surface area contributed by atoms with Crippen LogP contribution in [0.4, 0.5) is 0 Å². The summed E-state index contributed by atoms with van der Waals surface area (Å²) in [4.78, 5) is 0. The van der Waals surface area contributed by atoms with Crippen LogP contribution in [0.3, 0.4) is 0 Å². The zero-order valence-corrected chi connectivity index (χ0v) is 8.32. The van der Waals surface area contributed by atoms with Crippen molar-refractivity contribution in [3.8, 4) is 0 Å². The van der Waals surface area contributed by atoms with Gasteiger partial charge in [-0.25, -0.2) is 0 Å². The molecule has 0 aliphatic carbocycles. The van der Waals surface area contributed by atoms with Crippen molar-refractivity contribution in [3.63, 3.8) is 0 Å². The van der Waals surface area contributed by atoms with Gasteiger partial charge in [0.1, 0.15) is 0 Å². The Balaban J connectivity index is -0.00000000200. The second-order valence-electron chi connectivity index (χ2n) is 0.0505. The summed E-state index contributed by atoms with van der Waals surface area (Å²) in [5.41, 5.74) is 0. The Hall–Kier alpha value is 1.33. The molecular formula is H12Cl3N4Ru. The Morgan fingerprint density at radius 3 is 0.750 bits per heavy atom. The molecular weight excluding hydrogens is 263 g/mol. The van der Waals surface area contributed by atoms with Crippen molar-refractivity contribution >= 4 is 19.4 Å². The molecule has 12 N–H and O–H groups in total. The molecule has 0 rings (SSSR count). The first kappa shape index (κ1) is 58.3. The van der Waals surface area contributed by atoms with Crippen LogP contribution >= 0.6 is 19.4 Å². The van der Waals surface area contributed by atoms with Gasteiger partial charge in [-0.3, -0.25) is 0 Å². The Kier molecular flexibility index (Phi) is 600. The second kappa shape index (κ2) is 82.3. The van der Waals surface area contributed by atoms with Crippen molar-refractivity contribution in [1.29, 1.82) is 0 Å². The topological polar surface area (TPSA) is 140 Å². The van der Waals surface area contributed by atoms with E-state index in [1.807, 2.05) is 0 Å². The van der Waals surface area contributed by atoms with Crippen LogP contribution in [0.15, 0.2) is 0 Å². The predicted octanol–water partition coefficient (Wildman–Crippen LogP) is -0.972. The fourth-order valence-electron chi connectivity index (χ4n) is 0. The number of hydrogen-bond acceptors (Lipinski definition) is 4. The van der Waals surface area contributed by atoms with Gasteiger partial charge in [-0.15, -0.1) is 0 Å². The van der Waals surface area contributed by atoms with E-state index in [2.05, 4.69) is 0 Å². The van der Waals surface area contributed by atoms with Crippen molar-refractivity contribution < 1.29 is 27.6 Å². The second-order valence-corrected chi connectivity index (χ2v) is 2.69. The van der Waals surface area contributed by atoms with Gasteiger partial charge in [0.15, 0.2) is 0 Å². The molecule has 0 bridgehead atoms. The van der Waals surface area contributed by atoms with Gasteiger partial charge in [-0.2, -0.15) is 0 Å². The van der Waals surface area contributed by atoms with E-state index in [4.69, 9.17) is 19.4 Å².